The first-order chi connectivity index (χ1) is 12.1. The first-order valence-electron chi connectivity index (χ1n) is 7.88. The van der Waals surface area contributed by atoms with Gasteiger partial charge in [-0.15, -0.1) is 0 Å². The van der Waals surface area contributed by atoms with Gasteiger partial charge in [0.15, 0.2) is 0 Å². The summed E-state index contributed by atoms with van der Waals surface area (Å²) in [5.41, 5.74) is 2.26. The van der Waals surface area contributed by atoms with Crippen molar-refractivity contribution in [1.82, 2.24) is 4.98 Å². The minimum Gasteiger partial charge on any atom is -0.420 e. The van der Waals surface area contributed by atoms with Crippen molar-refractivity contribution in [3.05, 3.63) is 76.0 Å². The number of halogens is 1. The van der Waals surface area contributed by atoms with E-state index in [0.29, 0.717) is 21.8 Å². The molecule has 1 heterocycles. The summed E-state index contributed by atoms with van der Waals surface area (Å²) in [7, 11) is 0. The van der Waals surface area contributed by atoms with Crippen molar-refractivity contribution in [3.63, 3.8) is 0 Å². The molecular formula is C20H16ClNO3. The Morgan fingerprint density at radius 1 is 1.04 bits per heavy atom. The molecule has 0 aliphatic rings. The van der Waals surface area contributed by atoms with Crippen LogP contribution in [-0.4, -0.2) is 11.0 Å². The van der Waals surface area contributed by atoms with Crippen LogP contribution in [0.25, 0.3) is 22.4 Å². The van der Waals surface area contributed by atoms with E-state index in [1.54, 1.807) is 31.2 Å². The third-order valence-electron chi connectivity index (χ3n) is 3.71. The van der Waals surface area contributed by atoms with Gasteiger partial charge in [-0.3, -0.25) is 9.59 Å². The van der Waals surface area contributed by atoms with Gasteiger partial charge in [-0.1, -0.05) is 61.0 Å². The highest BCUT2D eigenvalue weighted by molar-refractivity contribution is 6.30. The SMILES string of the molecule is CCC(=O)Oc1c(-c2cccc(Cl)c2)cc(-c2ccccc2)[nH]c1=O. The standard InChI is InChI=1S/C20H16ClNO3/c1-2-18(23)25-19-16(14-9-6-10-15(21)11-14)12-17(22-20(19)24)13-7-4-3-5-8-13/h3-12H,2H2,1H3,(H,22,24). The fourth-order valence-electron chi connectivity index (χ4n) is 2.48. The number of aromatic nitrogens is 1. The minimum absolute atomic E-state index is 0.0196. The number of nitrogens with one attached hydrogen (secondary N) is 1. The van der Waals surface area contributed by atoms with Gasteiger partial charge in [0, 0.05) is 22.7 Å². The summed E-state index contributed by atoms with van der Waals surface area (Å²) in [6, 6.07) is 18.3. The van der Waals surface area contributed by atoms with Crippen molar-refractivity contribution in [2.24, 2.45) is 0 Å². The molecule has 0 spiro atoms. The number of ether oxygens (including phenoxy) is 1. The quantitative estimate of drug-likeness (QED) is 0.693. The Balaban J connectivity index is 2.22. The van der Waals surface area contributed by atoms with Crippen molar-refractivity contribution >= 4 is 17.6 Å². The molecule has 0 aliphatic heterocycles. The monoisotopic (exact) mass is 353 g/mol. The summed E-state index contributed by atoms with van der Waals surface area (Å²) >= 11 is 6.08. The molecule has 0 unspecified atom stereocenters. The van der Waals surface area contributed by atoms with Crippen LogP contribution in [0.2, 0.25) is 5.02 Å². The zero-order valence-electron chi connectivity index (χ0n) is 13.6. The van der Waals surface area contributed by atoms with E-state index in [1.165, 1.54) is 0 Å². The summed E-state index contributed by atoms with van der Waals surface area (Å²) in [6.45, 7) is 1.67. The van der Waals surface area contributed by atoms with E-state index >= 15 is 0 Å². The van der Waals surface area contributed by atoms with Gasteiger partial charge in [-0.25, -0.2) is 0 Å². The summed E-state index contributed by atoms with van der Waals surface area (Å²) in [5, 5.41) is 0.534. The van der Waals surface area contributed by atoms with Crippen LogP contribution in [0.1, 0.15) is 13.3 Å². The molecule has 3 aromatic rings. The van der Waals surface area contributed by atoms with E-state index < -0.39 is 11.5 Å². The number of benzene rings is 2. The molecule has 1 aromatic heterocycles. The number of H-pyrrole nitrogens is 1. The molecule has 0 radical (unpaired) electrons. The maximum Gasteiger partial charge on any atom is 0.311 e. The number of carbonyl (C=O) groups is 1. The molecule has 0 aliphatic carbocycles. The first-order valence-corrected chi connectivity index (χ1v) is 8.25. The van der Waals surface area contributed by atoms with Crippen molar-refractivity contribution in [2.75, 3.05) is 0 Å². The van der Waals surface area contributed by atoms with Crippen LogP contribution in [0, 0.1) is 0 Å². The molecule has 1 N–H and O–H groups in total. The van der Waals surface area contributed by atoms with Gasteiger partial charge >= 0.3 is 5.97 Å². The van der Waals surface area contributed by atoms with Crippen LogP contribution < -0.4 is 10.3 Å². The smallest absolute Gasteiger partial charge is 0.311 e. The summed E-state index contributed by atoms with van der Waals surface area (Å²) < 4.78 is 5.28. The fraction of sp³-hybridized carbons (Fsp3) is 0.100. The van der Waals surface area contributed by atoms with Crippen molar-refractivity contribution in [3.8, 4) is 28.1 Å². The second-order valence-electron chi connectivity index (χ2n) is 5.46. The van der Waals surface area contributed by atoms with Gasteiger partial charge in [0.1, 0.15) is 0 Å². The predicted molar refractivity (Wildman–Crippen MR) is 98.9 cm³/mol. The highest BCUT2D eigenvalue weighted by Crippen LogP contribution is 2.32. The summed E-state index contributed by atoms with van der Waals surface area (Å²) in [5.74, 6) is -0.491. The van der Waals surface area contributed by atoms with Gasteiger partial charge in [-0.2, -0.15) is 0 Å². The van der Waals surface area contributed by atoms with Gasteiger partial charge in [-0.05, 0) is 29.3 Å². The van der Waals surface area contributed by atoms with Crippen molar-refractivity contribution in [2.45, 2.75) is 13.3 Å². The fourth-order valence-corrected chi connectivity index (χ4v) is 2.67. The number of aromatic amines is 1. The molecule has 0 fully saturated rings. The van der Waals surface area contributed by atoms with Gasteiger partial charge in [0.05, 0.1) is 0 Å². The second-order valence-corrected chi connectivity index (χ2v) is 5.90. The third kappa shape index (κ3) is 3.80. The van der Waals surface area contributed by atoms with Gasteiger partial charge in [0.25, 0.3) is 5.56 Å². The number of rotatable bonds is 4. The lowest BCUT2D eigenvalue weighted by molar-refractivity contribution is -0.134. The van der Waals surface area contributed by atoms with E-state index in [2.05, 4.69) is 4.98 Å². The minimum atomic E-state index is -0.471. The Labute approximate surface area is 150 Å². The Kier molecular flexibility index (Phi) is 5.00. The van der Waals surface area contributed by atoms with E-state index in [0.717, 1.165) is 5.56 Å². The molecule has 3 rings (SSSR count). The summed E-state index contributed by atoms with van der Waals surface area (Å²) in [6.07, 6.45) is 0.175. The molecule has 25 heavy (non-hydrogen) atoms. The van der Waals surface area contributed by atoms with E-state index in [4.69, 9.17) is 16.3 Å². The Hall–Kier alpha value is -2.85. The van der Waals surface area contributed by atoms with Crippen LogP contribution in [0.3, 0.4) is 0 Å². The molecular weight excluding hydrogens is 338 g/mol. The number of hydrogen-bond acceptors (Lipinski definition) is 3. The predicted octanol–water partition coefficient (Wildman–Crippen LogP) is 4.68. The Morgan fingerprint density at radius 3 is 2.44 bits per heavy atom. The van der Waals surface area contributed by atoms with Gasteiger partial charge in [0.2, 0.25) is 5.75 Å². The van der Waals surface area contributed by atoms with E-state index in [-0.39, 0.29) is 12.2 Å². The molecule has 0 saturated carbocycles. The highest BCUT2D eigenvalue weighted by Gasteiger charge is 2.17. The normalized spacial score (nSPS) is 10.5. The highest BCUT2D eigenvalue weighted by atomic mass is 35.5. The number of hydrogen-bond donors (Lipinski definition) is 1. The third-order valence-corrected chi connectivity index (χ3v) is 3.95. The Bertz CT molecular complexity index is 964. The largest absolute Gasteiger partial charge is 0.420 e. The van der Waals surface area contributed by atoms with Crippen LogP contribution in [0.15, 0.2) is 65.5 Å². The second kappa shape index (κ2) is 7.36. The Morgan fingerprint density at radius 2 is 1.76 bits per heavy atom. The number of carbonyl (C=O) groups excluding carboxylic acids is 1. The maximum absolute atomic E-state index is 12.6. The molecule has 4 nitrogen and oxygen atoms in total. The lowest BCUT2D eigenvalue weighted by Crippen LogP contribution is -2.17. The maximum atomic E-state index is 12.6. The first kappa shape index (κ1) is 17.0. The van der Waals surface area contributed by atoms with Crippen LogP contribution in [-0.2, 0) is 4.79 Å². The molecule has 0 amide bonds. The zero-order valence-corrected chi connectivity index (χ0v) is 14.3. The topological polar surface area (TPSA) is 59.2 Å². The molecule has 0 atom stereocenters. The van der Waals surface area contributed by atoms with E-state index in [1.807, 2.05) is 36.4 Å². The average Bonchev–Trinajstić information content (AvgIpc) is 2.63. The van der Waals surface area contributed by atoms with Crippen LogP contribution in [0.5, 0.6) is 5.75 Å². The van der Waals surface area contributed by atoms with Crippen LogP contribution >= 0.6 is 11.6 Å². The summed E-state index contributed by atoms with van der Waals surface area (Å²) in [4.78, 5) is 27.1. The molecule has 126 valence electrons. The molecule has 2 aromatic carbocycles. The van der Waals surface area contributed by atoms with Crippen LogP contribution in [0.4, 0.5) is 0 Å². The van der Waals surface area contributed by atoms with Crippen molar-refractivity contribution in [1.29, 1.82) is 0 Å². The van der Waals surface area contributed by atoms with E-state index in [9.17, 15) is 9.59 Å². The molecule has 0 saturated heterocycles. The number of pyridine rings is 1. The zero-order chi connectivity index (χ0) is 17.8. The van der Waals surface area contributed by atoms with Gasteiger partial charge < -0.3 is 9.72 Å². The lowest BCUT2D eigenvalue weighted by Gasteiger charge is -2.12. The van der Waals surface area contributed by atoms with Crippen molar-refractivity contribution < 1.29 is 9.53 Å². The molecule has 0 bridgehead atoms. The molecule has 5 heteroatoms. The average molecular weight is 354 g/mol. The number of esters is 1. The lowest BCUT2D eigenvalue weighted by atomic mass is 10.0.